The smallest absolute Gasteiger partial charge is 0.756 e. The standard InChI is InChI=1S/C22H30N6O4S.Cs.H3O4P/c1-5-7-17-19-20(27(4)25-17)22(29)24-21(23-19)16-14-15(8-9-18(16)32-6-2)33(30,31)28-12-10-26(3)11-13-28;;1-5(2,3)4/h8-9,14H,5-7,10-13H2,1-4H3,(H,23,24,29);;(H3,1,2,3,4)/q;+1;/p-1. The predicted molar refractivity (Wildman–Crippen MR) is 138 cm³/mol. The maximum atomic E-state index is 13.3. The average molecular weight is 704 g/mol. The number of likely N-dealkylation sites (N-methyl/N-ethyl adjacent to an activating group) is 1. The van der Waals surface area contributed by atoms with Gasteiger partial charge in [-0.25, -0.2) is 13.4 Å². The number of fused-ring (bicyclic) bond motifs is 1. The van der Waals surface area contributed by atoms with Crippen LogP contribution in [0.1, 0.15) is 26.0 Å². The van der Waals surface area contributed by atoms with Gasteiger partial charge < -0.3 is 29.3 Å². The molecule has 0 unspecified atom stereocenters. The van der Waals surface area contributed by atoms with Crippen LogP contribution in [0.5, 0.6) is 5.75 Å². The fourth-order valence-electron chi connectivity index (χ4n) is 4.09. The van der Waals surface area contributed by atoms with Gasteiger partial charge in [-0.15, -0.1) is 0 Å². The second kappa shape index (κ2) is 14.5. The Morgan fingerprint density at radius 1 is 1.15 bits per heavy atom. The molecule has 0 amide bonds. The molecule has 1 fully saturated rings. The number of H-pyrrole nitrogens is 1. The summed E-state index contributed by atoms with van der Waals surface area (Å²) in [6.07, 6.45) is 1.54. The van der Waals surface area contributed by atoms with Crippen LogP contribution in [0, 0.1) is 0 Å². The number of aromatic nitrogens is 4. The summed E-state index contributed by atoms with van der Waals surface area (Å²) in [6, 6.07) is 4.71. The van der Waals surface area contributed by atoms with Gasteiger partial charge in [-0.1, -0.05) is 13.3 Å². The van der Waals surface area contributed by atoms with Crippen LogP contribution in [0.4, 0.5) is 0 Å². The van der Waals surface area contributed by atoms with Crippen molar-refractivity contribution in [1.29, 1.82) is 0 Å². The van der Waals surface area contributed by atoms with Gasteiger partial charge in [-0.3, -0.25) is 14.0 Å². The van der Waals surface area contributed by atoms with E-state index in [4.69, 9.17) is 29.0 Å². The Morgan fingerprint density at radius 2 is 1.77 bits per heavy atom. The molecule has 0 spiro atoms. The van der Waals surface area contributed by atoms with Gasteiger partial charge in [0.25, 0.3) is 13.4 Å². The molecular formula is C22H32CsN6O8PS. The molecule has 3 N–H and O–H groups in total. The first-order valence-electron chi connectivity index (χ1n) is 11.9. The number of aromatic amines is 1. The van der Waals surface area contributed by atoms with Gasteiger partial charge in [0.05, 0.1) is 22.8 Å². The Bertz CT molecular complexity index is 1490. The van der Waals surface area contributed by atoms with E-state index in [1.54, 1.807) is 25.2 Å². The van der Waals surface area contributed by atoms with E-state index in [1.807, 2.05) is 20.9 Å². The van der Waals surface area contributed by atoms with Crippen LogP contribution in [-0.2, 0) is 28.1 Å². The Morgan fingerprint density at radius 3 is 2.33 bits per heavy atom. The topological polar surface area (TPSA) is 194 Å². The SMILES string of the molecule is CCCc1nn(C)c2c(=O)[nH]c(-c3cc(S(=O)(=O)N4CCN(C)CC4)ccc3OCC)nc12.O=P([O-])(O)O.[Cs+]. The number of aryl methyl sites for hydroxylation is 2. The third-order valence-electron chi connectivity index (χ3n) is 5.86. The van der Waals surface area contributed by atoms with E-state index in [0.29, 0.717) is 61.6 Å². The fourth-order valence-corrected chi connectivity index (χ4v) is 5.54. The van der Waals surface area contributed by atoms with E-state index in [2.05, 4.69) is 15.0 Å². The molecule has 4 rings (SSSR count). The van der Waals surface area contributed by atoms with E-state index >= 15 is 0 Å². The molecule has 1 aliphatic rings. The molecule has 39 heavy (non-hydrogen) atoms. The van der Waals surface area contributed by atoms with Crippen molar-refractivity contribution in [2.75, 3.05) is 39.8 Å². The van der Waals surface area contributed by atoms with E-state index in [1.165, 1.54) is 8.99 Å². The van der Waals surface area contributed by atoms with Crippen molar-refractivity contribution in [3.8, 4) is 17.1 Å². The number of phosphoric acid groups is 1. The molecule has 3 aromatic rings. The number of nitrogens with one attached hydrogen (secondary N) is 1. The molecule has 0 radical (unpaired) electrons. The minimum absolute atomic E-state index is 0. The second-order valence-corrected chi connectivity index (χ2v) is 11.6. The first-order chi connectivity index (χ1) is 17.8. The van der Waals surface area contributed by atoms with E-state index in [0.717, 1.165) is 12.1 Å². The van der Waals surface area contributed by atoms with Crippen molar-refractivity contribution >= 4 is 28.9 Å². The first-order valence-corrected chi connectivity index (χ1v) is 14.9. The average Bonchev–Trinajstić information content (AvgIpc) is 3.14. The number of hydrogen-bond acceptors (Lipinski definition) is 9. The summed E-state index contributed by atoms with van der Waals surface area (Å²) in [4.78, 5) is 45.6. The van der Waals surface area contributed by atoms with Crippen molar-refractivity contribution in [3.63, 3.8) is 0 Å². The molecule has 0 atom stereocenters. The maximum absolute atomic E-state index is 13.3. The summed E-state index contributed by atoms with van der Waals surface area (Å²) in [6.45, 7) is 6.48. The minimum Gasteiger partial charge on any atom is -0.756 e. The Balaban J connectivity index is 0.000000816. The van der Waals surface area contributed by atoms with Crippen LogP contribution in [-0.4, -0.2) is 87.0 Å². The summed E-state index contributed by atoms with van der Waals surface area (Å²) in [5.74, 6) is 0.718. The normalized spacial score (nSPS) is 14.9. The number of hydrogen-bond donors (Lipinski definition) is 3. The molecule has 2 aromatic heterocycles. The number of rotatable bonds is 7. The van der Waals surface area contributed by atoms with E-state index < -0.39 is 17.8 Å². The fraction of sp³-hybridized carbons (Fsp3) is 0.500. The summed E-state index contributed by atoms with van der Waals surface area (Å²) < 4.78 is 44.2. The molecule has 3 heterocycles. The zero-order chi connectivity index (χ0) is 28.3. The molecule has 0 aliphatic carbocycles. The number of nitrogens with zero attached hydrogens (tertiary/aromatic N) is 5. The second-order valence-electron chi connectivity index (χ2n) is 8.72. The molecule has 1 saturated heterocycles. The monoisotopic (exact) mass is 704 g/mol. The molecular weight excluding hydrogens is 672 g/mol. The number of benzene rings is 1. The Labute approximate surface area is 285 Å². The van der Waals surface area contributed by atoms with Gasteiger partial charge in [0.1, 0.15) is 17.1 Å². The summed E-state index contributed by atoms with van der Waals surface area (Å²) in [5.41, 5.74) is 1.75. The largest absolute Gasteiger partial charge is 1.00 e. The van der Waals surface area contributed by atoms with Crippen molar-refractivity contribution < 1.29 is 101 Å². The van der Waals surface area contributed by atoms with Crippen molar-refractivity contribution in [1.82, 2.24) is 29.0 Å². The predicted octanol–water partition coefficient (Wildman–Crippen LogP) is -2.95. The maximum Gasteiger partial charge on any atom is 1.00 e. The van der Waals surface area contributed by atoms with Gasteiger partial charge in [0.2, 0.25) is 10.0 Å². The Kier molecular flexibility index (Phi) is 12.9. The van der Waals surface area contributed by atoms with Gasteiger partial charge >= 0.3 is 68.9 Å². The molecule has 14 nitrogen and oxygen atoms in total. The summed E-state index contributed by atoms with van der Waals surface area (Å²) in [5, 5.41) is 4.45. The first kappa shape index (κ1) is 34.6. The van der Waals surface area contributed by atoms with E-state index in [-0.39, 0.29) is 85.2 Å². The van der Waals surface area contributed by atoms with Crippen LogP contribution >= 0.6 is 7.82 Å². The quantitative estimate of drug-likeness (QED) is 0.213. The van der Waals surface area contributed by atoms with Crippen LogP contribution in [0.3, 0.4) is 0 Å². The summed E-state index contributed by atoms with van der Waals surface area (Å²) >= 11 is 0. The zero-order valence-corrected chi connectivity index (χ0v) is 30.6. The van der Waals surface area contributed by atoms with Gasteiger partial charge in [0, 0.05) is 33.2 Å². The van der Waals surface area contributed by atoms with Crippen molar-refractivity contribution in [3.05, 3.63) is 34.2 Å². The zero-order valence-electron chi connectivity index (χ0n) is 22.6. The van der Waals surface area contributed by atoms with Gasteiger partial charge in [-0.05, 0) is 38.6 Å². The molecule has 0 saturated carbocycles. The molecule has 17 heteroatoms. The molecule has 210 valence electrons. The molecule has 1 aliphatic heterocycles. The number of ether oxygens (including phenoxy) is 1. The summed E-state index contributed by atoms with van der Waals surface area (Å²) in [7, 11) is -4.90. The van der Waals surface area contributed by atoms with Crippen molar-refractivity contribution in [2.24, 2.45) is 7.05 Å². The van der Waals surface area contributed by atoms with E-state index in [9.17, 15) is 13.2 Å². The number of sulfonamides is 1. The molecule has 1 aromatic carbocycles. The van der Waals surface area contributed by atoms with Crippen LogP contribution in [0.2, 0.25) is 0 Å². The van der Waals surface area contributed by atoms with Crippen molar-refractivity contribution in [2.45, 2.75) is 31.6 Å². The van der Waals surface area contributed by atoms with Crippen LogP contribution in [0.25, 0.3) is 22.4 Å². The van der Waals surface area contributed by atoms with Crippen LogP contribution in [0.15, 0.2) is 27.9 Å². The van der Waals surface area contributed by atoms with Gasteiger partial charge in [0.15, 0.2) is 5.52 Å². The third kappa shape index (κ3) is 8.94. The molecule has 0 bridgehead atoms. The Hall–Kier alpha value is -0.598. The third-order valence-corrected chi connectivity index (χ3v) is 7.75. The minimum atomic E-state index is -4.89. The van der Waals surface area contributed by atoms with Gasteiger partial charge in [-0.2, -0.15) is 9.40 Å². The van der Waals surface area contributed by atoms with Crippen LogP contribution < -0.4 is 84.1 Å². The number of piperazine rings is 1.